The summed E-state index contributed by atoms with van der Waals surface area (Å²) in [6.45, 7) is 0.367. The van der Waals surface area contributed by atoms with Crippen LogP contribution in [0.4, 0.5) is 0 Å². The van der Waals surface area contributed by atoms with Gasteiger partial charge < -0.3 is 16.0 Å². The third-order valence-corrected chi connectivity index (χ3v) is 3.73. The predicted octanol–water partition coefficient (Wildman–Crippen LogP) is 1.66. The molecule has 1 atom stereocenters. The molecule has 122 valence electrons. The van der Waals surface area contributed by atoms with Gasteiger partial charge in [-0.2, -0.15) is 0 Å². The van der Waals surface area contributed by atoms with E-state index in [1.807, 2.05) is 30.5 Å². The van der Waals surface area contributed by atoms with Crippen molar-refractivity contribution in [2.45, 2.75) is 12.5 Å². The zero-order valence-electron chi connectivity index (χ0n) is 13.1. The predicted molar refractivity (Wildman–Crippen MR) is 94.1 cm³/mol. The SMILES string of the molecule is NC[C@H](Cc1cccnc1)NC(=O)/C=C/c1c[nH]c2ncccc12. The molecule has 6 nitrogen and oxygen atoms in total. The van der Waals surface area contributed by atoms with E-state index in [0.29, 0.717) is 13.0 Å². The first kappa shape index (κ1) is 15.9. The first-order chi connectivity index (χ1) is 11.8. The summed E-state index contributed by atoms with van der Waals surface area (Å²) in [5, 5.41) is 3.90. The highest BCUT2D eigenvalue weighted by atomic mass is 16.1. The fourth-order valence-corrected chi connectivity index (χ4v) is 2.53. The highest BCUT2D eigenvalue weighted by Crippen LogP contribution is 2.16. The highest BCUT2D eigenvalue weighted by molar-refractivity contribution is 5.95. The number of nitrogens with one attached hydrogen (secondary N) is 2. The number of pyridine rings is 2. The van der Waals surface area contributed by atoms with Gasteiger partial charge in [-0.15, -0.1) is 0 Å². The second-order valence-corrected chi connectivity index (χ2v) is 5.48. The third kappa shape index (κ3) is 3.85. The lowest BCUT2D eigenvalue weighted by atomic mass is 10.1. The number of carbonyl (C=O) groups is 1. The molecule has 1 amide bonds. The Morgan fingerprint density at radius 1 is 1.33 bits per heavy atom. The summed E-state index contributed by atoms with van der Waals surface area (Å²) in [7, 11) is 0. The lowest BCUT2D eigenvalue weighted by Gasteiger charge is -2.15. The molecule has 0 aliphatic heterocycles. The van der Waals surface area contributed by atoms with Crippen molar-refractivity contribution in [1.29, 1.82) is 0 Å². The van der Waals surface area contributed by atoms with E-state index >= 15 is 0 Å². The Morgan fingerprint density at radius 2 is 2.21 bits per heavy atom. The van der Waals surface area contributed by atoms with Crippen LogP contribution in [0.3, 0.4) is 0 Å². The van der Waals surface area contributed by atoms with Crippen LogP contribution in [0.1, 0.15) is 11.1 Å². The number of carbonyl (C=O) groups excluding carboxylic acids is 1. The van der Waals surface area contributed by atoms with Crippen molar-refractivity contribution in [2.24, 2.45) is 5.73 Å². The van der Waals surface area contributed by atoms with E-state index in [9.17, 15) is 4.79 Å². The van der Waals surface area contributed by atoms with Crippen LogP contribution in [-0.2, 0) is 11.2 Å². The number of hydrogen-bond acceptors (Lipinski definition) is 4. The van der Waals surface area contributed by atoms with E-state index in [1.165, 1.54) is 6.08 Å². The summed E-state index contributed by atoms with van der Waals surface area (Å²) in [4.78, 5) is 23.5. The van der Waals surface area contributed by atoms with E-state index in [0.717, 1.165) is 22.2 Å². The van der Waals surface area contributed by atoms with Crippen LogP contribution in [0.15, 0.2) is 55.1 Å². The van der Waals surface area contributed by atoms with Crippen molar-refractivity contribution >= 4 is 23.0 Å². The molecule has 0 radical (unpaired) electrons. The molecule has 0 fully saturated rings. The van der Waals surface area contributed by atoms with E-state index in [4.69, 9.17) is 5.73 Å². The molecule has 0 aromatic carbocycles. The maximum Gasteiger partial charge on any atom is 0.244 e. The number of H-pyrrole nitrogens is 1. The van der Waals surface area contributed by atoms with E-state index < -0.39 is 0 Å². The van der Waals surface area contributed by atoms with Gasteiger partial charge in [-0.25, -0.2) is 4.98 Å². The van der Waals surface area contributed by atoms with Crippen LogP contribution >= 0.6 is 0 Å². The summed E-state index contributed by atoms with van der Waals surface area (Å²) < 4.78 is 0. The highest BCUT2D eigenvalue weighted by Gasteiger charge is 2.10. The van der Waals surface area contributed by atoms with Crippen LogP contribution in [0.5, 0.6) is 0 Å². The minimum absolute atomic E-state index is 0.129. The Bertz CT molecular complexity index is 841. The molecule has 0 aliphatic rings. The number of rotatable bonds is 6. The van der Waals surface area contributed by atoms with Crippen molar-refractivity contribution in [2.75, 3.05) is 6.54 Å². The first-order valence-electron chi connectivity index (χ1n) is 7.76. The monoisotopic (exact) mass is 321 g/mol. The van der Waals surface area contributed by atoms with Gasteiger partial charge in [0.25, 0.3) is 0 Å². The average molecular weight is 321 g/mol. The lowest BCUT2D eigenvalue weighted by Crippen LogP contribution is -2.40. The van der Waals surface area contributed by atoms with Crippen LogP contribution in [0.25, 0.3) is 17.1 Å². The van der Waals surface area contributed by atoms with E-state index in [1.54, 1.807) is 24.7 Å². The van der Waals surface area contributed by atoms with Crippen LogP contribution in [-0.4, -0.2) is 33.4 Å². The molecule has 3 aromatic rings. The fourth-order valence-electron chi connectivity index (χ4n) is 2.53. The lowest BCUT2D eigenvalue weighted by molar-refractivity contribution is -0.117. The minimum atomic E-state index is -0.174. The van der Waals surface area contributed by atoms with Crippen molar-refractivity contribution in [1.82, 2.24) is 20.3 Å². The summed E-state index contributed by atoms with van der Waals surface area (Å²) in [5.74, 6) is -0.174. The second-order valence-electron chi connectivity index (χ2n) is 5.48. The van der Waals surface area contributed by atoms with Gasteiger partial charge in [0.2, 0.25) is 5.91 Å². The zero-order chi connectivity index (χ0) is 16.8. The topological polar surface area (TPSA) is 96.7 Å². The molecule has 6 heteroatoms. The molecule has 0 unspecified atom stereocenters. The molecular formula is C18H19N5O. The maximum atomic E-state index is 12.1. The van der Waals surface area contributed by atoms with Crippen LogP contribution < -0.4 is 11.1 Å². The molecule has 4 N–H and O–H groups in total. The Morgan fingerprint density at radius 3 is 3.00 bits per heavy atom. The summed E-state index contributed by atoms with van der Waals surface area (Å²) >= 11 is 0. The van der Waals surface area contributed by atoms with Crippen molar-refractivity contribution < 1.29 is 4.79 Å². The first-order valence-corrected chi connectivity index (χ1v) is 7.76. The van der Waals surface area contributed by atoms with Gasteiger partial charge in [-0.05, 0) is 36.3 Å². The van der Waals surface area contributed by atoms with Crippen LogP contribution in [0, 0.1) is 0 Å². The Labute approximate surface area is 139 Å². The second kappa shape index (κ2) is 7.52. The molecule has 24 heavy (non-hydrogen) atoms. The molecule has 3 rings (SSSR count). The number of aromatic nitrogens is 3. The Balaban J connectivity index is 1.63. The van der Waals surface area contributed by atoms with Gasteiger partial charge in [0, 0.05) is 54.4 Å². The number of nitrogens with two attached hydrogens (primary N) is 1. The van der Waals surface area contributed by atoms with Gasteiger partial charge in [0.15, 0.2) is 0 Å². The zero-order valence-corrected chi connectivity index (χ0v) is 13.1. The van der Waals surface area contributed by atoms with Crippen LogP contribution in [0.2, 0.25) is 0 Å². The summed E-state index contributed by atoms with van der Waals surface area (Å²) in [5.41, 5.74) is 8.52. The quantitative estimate of drug-likeness (QED) is 0.602. The number of aromatic amines is 1. The van der Waals surface area contributed by atoms with Gasteiger partial charge in [0.1, 0.15) is 5.65 Å². The molecule has 0 bridgehead atoms. The maximum absolute atomic E-state index is 12.1. The number of nitrogens with zero attached hydrogens (tertiary/aromatic N) is 2. The van der Waals surface area contributed by atoms with Gasteiger partial charge in [0.05, 0.1) is 0 Å². The fraction of sp³-hybridized carbons (Fsp3) is 0.167. The van der Waals surface area contributed by atoms with Gasteiger partial charge >= 0.3 is 0 Å². The Kier molecular flexibility index (Phi) is 4.98. The van der Waals surface area contributed by atoms with Gasteiger partial charge in [-0.3, -0.25) is 9.78 Å². The molecular weight excluding hydrogens is 302 g/mol. The normalized spacial score (nSPS) is 12.5. The number of amides is 1. The molecule has 3 aromatic heterocycles. The molecule has 0 saturated heterocycles. The molecule has 3 heterocycles. The Hall–Kier alpha value is -2.99. The minimum Gasteiger partial charge on any atom is -0.348 e. The van der Waals surface area contributed by atoms with Gasteiger partial charge in [-0.1, -0.05) is 6.07 Å². The molecule has 0 spiro atoms. The van der Waals surface area contributed by atoms with Crippen molar-refractivity contribution in [3.8, 4) is 0 Å². The smallest absolute Gasteiger partial charge is 0.244 e. The molecule has 0 aliphatic carbocycles. The number of hydrogen-bond donors (Lipinski definition) is 3. The third-order valence-electron chi connectivity index (χ3n) is 3.73. The van der Waals surface area contributed by atoms with E-state index in [2.05, 4.69) is 20.3 Å². The summed E-state index contributed by atoms with van der Waals surface area (Å²) in [6.07, 6.45) is 11.0. The summed E-state index contributed by atoms with van der Waals surface area (Å²) in [6, 6.07) is 7.54. The van der Waals surface area contributed by atoms with Crippen molar-refractivity contribution in [3.63, 3.8) is 0 Å². The van der Waals surface area contributed by atoms with E-state index in [-0.39, 0.29) is 11.9 Å². The largest absolute Gasteiger partial charge is 0.348 e. The standard InChI is InChI=1S/C18H19N5O/c19-10-15(9-13-3-1-7-20-11-13)23-17(24)6-5-14-12-22-18-16(14)4-2-8-21-18/h1-8,11-12,15H,9-10,19H2,(H,21,22)(H,23,24)/b6-5+/t15-/m0/s1. The van der Waals surface area contributed by atoms with Crippen molar-refractivity contribution in [3.05, 3.63) is 66.3 Å². The number of fused-ring (bicyclic) bond motifs is 1. The average Bonchev–Trinajstić information content (AvgIpc) is 3.03. The molecule has 0 saturated carbocycles.